The van der Waals surface area contributed by atoms with Gasteiger partial charge in [-0.2, -0.15) is 0 Å². The fourth-order valence-corrected chi connectivity index (χ4v) is 2.72. The SMILES string of the molecule is CCCCCCCCCCCC(=O)OCc1ccc(OCCC)cc1. The summed E-state index contributed by atoms with van der Waals surface area (Å²) in [6, 6.07) is 7.77. The molecule has 3 heteroatoms. The highest BCUT2D eigenvalue weighted by Gasteiger charge is 2.04. The summed E-state index contributed by atoms with van der Waals surface area (Å²) in [6.45, 7) is 5.41. The summed E-state index contributed by atoms with van der Waals surface area (Å²) in [4.78, 5) is 11.8. The van der Waals surface area contributed by atoms with Crippen molar-refractivity contribution < 1.29 is 14.3 Å². The number of hydrogen-bond acceptors (Lipinski definition) is 3. The lowest BCUT2D eigenvalue weighted by atomic mass is 10.1. The number of rotatable bonds is 15. The molecule has 0 saturated carbocycles. The molecule has 0 aliphatic carbocycles. The number of ether oxygens (including phenoxy) is 2. The predicted octanol–water partition coefficient (Wildman–Crippen LogP) is 6.44. The van der Waals surface area contributed by atoms with Gasteiger partial charge in [0.15, 0.2) is 0 Å². The number of esters is 1. The zero-order chi connectivity index (χ0) is 18.2. The number of hydrogen-bond donors (Lipinski definition) is 0. The van der Waals surface area contributed by atoms with E-state index >= 15 is 0 Å². The molecule has 1 rings (SSSR count). The Kier molecular flexibility index (Phi) is 12.7. The average molecular weight is 349 g/mol. The second kappa shape index (κ2) is 14.8. The van der Waals surface area contributed by atoms with E-state index in [-0.39, 0.29) is 5.97 Å². The van der Waals surface area contributed by atoms with Crippen molar-refractivity contribution in [3.8, 4) is 5.75 Å². The maximum absolute atomic E-state index is 11.8. The first-order valence-corrected chi connectivity index (χ1v) is 10.1. The third-order valence-corrected chi connectivity index (χ3v) is 4.28. The van der Waals surface area contributed by atoms with Crippen molar-refractivity contribution in [1.29, 1.82) is 0 Å². The molecule has 3 nitrogen and oxygen atoms in total. The minimum absolute atomic E-state index is 0.0887. The molecular formula is C22H36O3. The number of benzene rings is 1. The summed E-state index contributed by atoms with van der Waals surface area (Å²) in [5, 5.41) is 0. The van der Waals surface area contributed by atoms with Crippen molar-refractivity contribution in [3.05, 3.63) is 29.8 Å². The van der Waals surface area contributed by atoms with Crippen LogP contribution in [0.5, 0.6) is 5.75 Å². The Morgan fingerprint density at radius 1 is 0.800 bits per heavy atom. The van der Waals surface area contributed by atoms with Gasteiger partial charge in [0, 0.05) is 6.42 Å². The lowest BCUT2D eigenvalue weighted by molar-refractivity contribution is -0.145. The molecule has 0 amide bonds. The van der Waals surface area contributed by atoms with Gasteiger partial charge in [-0.05, 0) is 30.5 Å². The Bertz CT molecular complexity index is 439. The van der Waals surface area contributed by atoms with E-state index in [0.717, 1.165) is 37.2 Å². The van der Waals surface area contributed by atoms with E-state index in [9.17, 15) is 4.79 Å². The molecule has 1 aromatic rings. The maximum Gasteiger partial charge on any atom is 0.306 e. The lowest BCUT2D eigenvalue weighted by Gasteiger charge is -2.07. The standard InChI is InChI=1S/C22H36O3/c1-3-5-6-7-8-9-10-11-12-13-22(23)25-19-20-14-16-21(17-15-20)24-18-4-2/h14-17H,3-13,18-19H2,1-2H3. The van der Waals surface area contributed by atoms with Gasteiger partial charge in [-0.15, -0.1) is 0 Å². The smallest absolute Gasteiger partial charge is 0.306 e. The largest absolute Gasteiger partial charge is 0.494 e. The van der Waals surface area contributed by atoms with Crippen LogP contribution >= 0.6 is 0 Å². The Labute approximate surface area is 154 Å². The van der Waals surface area contributed by atoms with E-state index in [2.05, 4.69) is 13.8 Å². The Morgan fingerprint density at radius 3 is 2.00 bits per heavy atom. The second-order valence-corrected chi connectivity index (χ2v) is 6.73. The number of unbranched alkanes of at least 4 members (excludes halogenated alkanes) is 8. The van der Waals surface area contributed by atoms with Gasteiger partial charge >= 0.3 is 5.97 Å². The van der Waals surface area contributed by atoms with Gasteiger partial charge in [0.2, 0.25) is 0 Å². The van der Waals surface area contributed by atoms with Crippen molar-refractivity contribution in [1.82, 2.24) is 0 Å². The molecule has 0 atom stereocenters. The van der Waals surface area contributed by atoms with Crippen LogP contribution in [0.2, 0.25) is 0 Å². The van der Waals surface area contributed by atoms with E-state index in [1.54, 1.807) is 0 Å². The van der Waals surface area contributed by atoms with Gasteiger partial charge in [0.1, 0.15) is 12.4 Å². The topological polar surface area (TPSA) is 35.5 Å². The molecule has 0 radical (unpaired) electrons. The summed E-state index contributed by atoms with van der Waals surface area (Å²) in [6.07, 6.45) is 12.9. The normalized spacial score (nSPS) is 10.6. The van der Waals surface area contributed by atoms with Crippen LogP contribution in [-0.4, -0.2) is 12.6 Å². The average Bonchev–Trinajstić information content (AvgIpc) is 2.64. The summed E-state index contributed by atoms with van der Waals surface area (Å²) in [5.74, 6) is 0.779. The van der Waals surface area contributed by atoms with Crippen molar-refractivity contribution in [2.75, 3.05) is 6.61 Å². The van der Waals surface area contributed by atoms with Crippen molar-refractivity contribution in [2.45, 2.75) is 91.1 Å². The lowest BCUT2D eigenvalue weighted by Crippen LogP contribution is -2.04. The van der Waals surface area contributed by atoms with E-state index in [1.165, 1.54) is 44.9 Å². The van der Waals surface area contributed by atoms with Gasteiger partial charge in [-0.1, -0.05) is 77.3 Å². The fourth-order valence-electron chi connectivity index (χ4n) is 2.72. The first kappa shape index (κ1) is 21.5. The van der Waals surface area contributed by atoms with E-state index in [1.807, 2.05) is 24.3 Å². The summed E-state index contributed by atoms with van der Waals surface area (Å²) >= 11 is 0. The molecule has 0 aliphatic heterocycles. The minimum Gasteiger partial charge on any atom is -0.494 e. The van der Waals surface area contributed by atoms with E-state index in [4.69, 9.17) is 9.47 Å². The van der Waals surface area contributed by atoms with Crippen LogP contribution in [-0.2, 0) is 16.1 Å². The maximum atomic E-state index is 11.8. The second-order valence-electron chi connectivity index (χ2n) is 6.73. The van der Waals surface area contributed by atoms with Crippen molar-refractivity contribution in [3.63, 3.8) is 0 Å². The Hall–Kier alpha value is -1.51. The molecule has 0 fully saturated rings. The van der Waals surface area contributed by atoms with Crippen LogP contribution in [0.25, 0.3) is 0 Å². The predicted molar refractivity (Wildman–Crippen MR) is 104 cm³/mol. The van der Waals surface area contributed by atoms with Crippen molar-refractivity contribution in [2.24, 2.45) is 0 Å². The van der Waals surface area contributed by atoms with Gasteiger partial charge < -0.3 is 9.47 Å². The highest BCUT2D eigenvalue weighted by Crippen LogP contribution is 2.14. The number of carbonyl (C=O) groups excluding carboxylic acids is 1. The Balaban J connectivity index is 2.01. The van der Waals surface area contributed by atoms with Crippen LogP contribution < -0.4 is 4.74 Å². The zero-order valence-corrected chi connectivity index (χ0v) is 16.2. The summed E-state index contributed by atoms with van der Waals surface area (Å²) in [7, 11) is 0. The summed E-state index contributed by atoms with van der Waals surface area (Å²) in [5.41, 5.74) is 1.00. The molecule has 1 aromatic carbocycles. The summed E-state index contributed by atoms with van der Waals surface area (Å²) < 4.78 is 10.9. The minimum atomic E-state index is -0.0887. The van der Waals surface area contributed by atoms with Crippen LogP contribution in [0.4, 0.5) is 0 Å². The van der Waals surface area contributed by atoms with Gasteiger partial charge in [0.05, 0.1) is 6.61 Å². The van der Waals surface area contributed by atoms with Crippen LogP contribution in [0.3, 0.4) is 0 Å². The molecule has 0 spiro atoms. The van der Waals surface area contributed by atoms with Crippen LogP contribution in [0.1, 0.15) is 90.0 Å². The van der Waals surface area contributed by atoms with Gasteiger partial charge in [-0.3, -0.25) is 4.79 Å². The molecule has 25 heavy (non-hydrogen) atoms. The third-order valence-electron chi connectivity index (χ3n) is 4.28. The molecule has 0 aliphatic rings. The highest BCUT2D eigenvalue weighted by atomic mass is 16.5. The quantitative estimate of drug-likeness (QED) is 0.270. The fraction of sp³-hybridized carbons (Fsp3) is 0.682. The van der Waals surface area contributed by atoms with Gasteiger partial charge in [-0.25, -0.2) is 0 Å². The van der Waals surface area contributed by atoms with Crippen molar-refractivity contribution >= 4 is 5.97 Å². The van der Waals surface area contributed by atoms with Crippen LogP contribution in [0, 0.1) is 0 Å². The molecule has 0 bridgehead atoms. The van der Waals surface area contributed by atoms with Crippen LogP contribution in [0.15, 0.2) is 24.3 Å². The van der Waals surface area contributed by atoms with E-state index in [0.29, 0.717) is 13.0 Å². The molecule has 0 aromatic heterocycles. The van der Waals surface area contributed by atoms with E-state index < -0.39 is 0 Å². The molecule has 0 unspecified atom stereocenters. The monoisotopic (exact) mass is 348 g/mol. The first-order valence-electron chi connectivity index (χ1n) is 10.1. The van der Waals surface area contributed by atoms with Gasteiger partial charge in [0.25, 0.3) is 0 Å². The zero-order valence-electron chi connectivity index (χ0n) is 16.2. The molecular weight excluding hydrogens is 312 g/mol. The molecule has 142 valence electrons. The Morgan fingerprint density at radius 2 is 1.40 bits per heavy atom. The third kappa shape index (κ3) is 11.6. The molecule has 0 heterocycles. The number of carbonyl (C=O) groups is 1. The molecule has 0 saturated heterocycles. The first-order chi connectivity index (χ1) is 12.3. The molecule has 0 N–H and O–H groups in total. The highest BCUT2D eigenvalue weighted by molar-refractivity contribution is 5.69.